The molecule has 5 aromatic rings. The SMILES string of the molecule is C[C@@H](Nc1nc(OC[C@]2(C)CN(C)CC[C@@H]2C(F)F)nc2c(F)c(-c3ccc(F)c4sc(N)c(C#N)c34)c(C(F)(F)F)c(O)c12)c1cccnc1N. The fourth-order valence-electron chi connectivity index (χ4n) is 6.91. The molecule has 1 saturated heterocycles. The number of nitrogens with one attached hydrogen (secondary N) is 1. The van der Waals surface area contributed by atoms with Crippen molar-refractivity contribution in [1.82, 2.24) is 19.9 Å². The van der Waals surface area contributed by atoms with Crippen LogP contribution in [0.25, 0.3) is 32.1 Å². The van der Waals surface area contributed by atoms with Crippen molar-refractivity contribution in [2.24, 2.45) is 11.3 Å². The number of phenols is 1. The number of nitrogen functional groups attached to an aromatic ring is 2. The summed E-state index contributed by atoms with van der Waals surface area (Å²) >= 11 is 0.585. The van der Waals surface area contributed by atoms with Crippen LogP contribution in [-0.4, -0.2) is 58.1 Å². The molecule has 3 atom stereocenters. The monoisotopic (exact) mass is 748 g/mol. The van der Waals surface area contributed by atoms with Gasteiger partial charge in [-0.05, 0) is 44.6 Å². The van der Waals surface area contributed by atoms with Gasteiger partial charge in [0, 0.05) is 40.6 Å². The maximum Gasteiger partial charge on any atom is 0.420 e. The molecular formula is C34H31F7N8O2S. The number of rotatable bonds is 8. The highest BCUT2D eigenvalue weighted by atomic mass is 32.1. The van der Waals surface area contributed by atoms with Gasteiger partial charge in [0.15, 0.2) is 5.82 Å². The van der Waals surface area contributed by atoms with Crippen molar-refractivity contribution in [3.05, 3.63) is 58.8 Å². The smallest absolute Gasteiger partial charge is 0.420 e. The Balaban J connectivity index is 1.62. The molecule has 18 heteroatoms. The number of piperidine rings is 1. The van der Waals surface area contributed by atoms with Gasteiger partial charge in [-0.25, -0.2) is 22.5 Å². The lowest BCUT2D eigenvalue weighted by molar-refractivity contribution is -0.138. The van der Waals surface area contributed by atoms with Crippen molar-refractivity contribution in [2.75, 3.05) is 43.5 Å². The van der Waals surface area contributed by atoms with Gasteiger partial charge in [0.2, 0.25) is 6.43 Å². The normalized spacial score (nSPS) is 18.9. The minimum Gasteiger partial charge on any atom is -0.506 e. The Labute approximate surface area is 295 Å². The number of fused-ring (bicyclic) bond motifs is 2. The molecule has 274 valence electrons. The summed E-state index contributed by atoms with van der Waals surface area (Å²) in [6.45, 7) is 3.36. The quantitative estimate of drug-likeness (QED) is 0.116. The molecule has 1 aliphatic heterocycles. The number of hydrogen-bond donors (Lipinski definition) is 4. The minimum absolute atomic E-state index is 0.0575. The third-order valence-electron chi connectivity index (χ3n) is 9.40. The van der Waals surface area contributed by atoms with E-state index in [9.17, 15) is 36.7 Å². The van der Waals surface area contributed by atoms with Crippen LogP contribution in [0.5, 0.6) is 11.8 Å². The maximum absolute atomic E-state index is 17.0. The summed E-state index contributed by atoms with van der Waals surface area (Å²) in [4.78, 5) is 14.1. The zero-order chi connectivity index (χ0) is 37.9. The topological polar surface area (TPSA) is 159 Å². The van der Waals surface area contributed by atoms with Crippen molar-refractivity contribution in [1.29, 1.82) is 5.26 Å². The molecule has 1 fully saturated rings. The van der Waals surface area contributed by atoms with Crippen molar-refractivity contribution in [3.8, 4) is 29.0 Å². The van der Waals surface area contributed by atoms with Gasteiger partial charge in [0.25, 0.3) is 0 Å². The van der Waals surface area contributed by atoms with Gasteiger partial charge >= 0.3 is 12.2 Å². The number of benzene rings is 2. The second-order valence-corrected chi connectivity index (χ2v) is 14.0. The molecule has 0 radical (unpaired) electrons. The van der Waals surface area contributed by atoms with E-state index in [2.05, 4.69) is 20.3 Å². The zero-order valence-corrected chi connectivity index (χ0v) is 28.6. The van der Waals surface area contributed by atoms with Crippen LogP contribution in [0.1, 0.15) is 43.0 Å². The second-order valence-electron chi connectivity index (χ2n) is 13.0. The molecule has 0 bridgehead atoms. The number of anilines is 3. The number of aromatic hydroxyl groups is 1. The number of aromatic nitrogens is 3. The summed E-state index contributed by atoms with van der Waals surface area (Å²) in [7, 11) is 1.75. The highest BCUT2D eigenvalue weighted by molar-refractivity contribution is 7.23. The van der Waals surface area contributed by atoms with Gasteiger partial charge in [-0.2, -0.15) is 28.4 Å². The van der Waals surface area contributed by atoms with Gasteiger partial charge in [-0.1, -0.05) is 19.1 Å². The number of phenolic OH excluding ortho intramolecular Hbond substituents is 1. The van der Waals surface area contributed by atoms with E-state index in [4.69, 9.17) is 16.2 Å². The molecular weight excluding hydrogens is 717 g/mol. The largest absolute Gasteiger partial charge is 0.506 e. The van der Waals surface area contributed by atoms with Crippen LogP contribution >= 0.6 is 11.3 Å². The van der Waals surface area contributed by atoms with E-state index in [1.807, 2.05) is 4.90 Å². The Kier molecular flexibility index (Phi) is 9.47. The third-order valence-corrected chi connectivity index (χ3v) is 10.4. The molecule has 0 saturated carbocycles. The van der Waals surface area contributed by atoms with Crippen LogP contribution in [0.4, 0.5) is 47.4 Å². The molecule has 3 aromatic heterocycles. The zero-order valence-electron chi connectivity index (χ0n) is 27.7. The maximum atomic E-state index is 17.0. The predicted octanol–water partition coefficient (Wildman–Crippen LogP) is 7.72. The summed E-state index contributed by atoms with van der Waals surface area (Å²) in [6.07, 6.45) is -6.56. The van der Waals surface area contributed by atoms with Crippen molar-refractivity contribution >= 4 is 49.0 Å². The fraction of sp³-hybridized carbons (Fsp3) is 0.353. The molecule has 6 rings (SSSR count). The lowest BCUT2D eigenvalue weighted by atomic mass is 9.73. The number of pyridine rings is 1. The Morgan fingerprint density at radius 2 is 1.92 bits per heavy atom. The van der Waals surface area contributed by atoms with Crippen molar-refractivity contribution in [2.45, 2.75) is 38.9 Å². The van der Waals surface area contributed by atoms with Gasteiger partial charge in [-0.15, -0.1) is 11.3 Å². The average molecular weight is 749 g/mol. The van der Waals surface area contributed by atoms with Gasteiger partial charge in [0.1, 0.15) is 45.4 Å². The predicted molar refractivity (Wildman–Crippen MR) is 182 cm³/mol. The number of halogens is 7. The Morgan fingerprint density at radius 3 is 2.58 bits per heavy atom. The first kappa shape index (κ1) is 36.6. The average Bonchev–Trinajstić information content (AvgIpc) is 3.41. The summed E-state index contributed by atoms with van der Waals surface area (Å²) in [5.74, 6) is -5.58. The molecule has 6 N–H and O–H groups in total. The van der Waals surface area contributed by atoms with E-state index in [0.29, 0.717) is 23.4 Å². The molecule has 0 spiro atoms. The molecule has 0 amide bonds. The van der Waals surface area contributed by atoms with Crippen LogP contribution in [0.2, 0.25) is 0 Å². The van der Waals surface area contributed by atoms with E-state index >= 15 is 4.39 Å². The Bertz CT molecular complexity index is 2240. The van der Waals surface area contributed by atoms with Gasteiger partial charge < -0.3 is 31.5 Å². The number of alkyl halides is 5. The highest BCUT2D eigenvalue weighted by Crippen LogP contribution is 2.52. The Hall–Kier alpha value is -5.15. The number of thiophene rings is 1. The van der Waals surface area contributed by atoms with Crippen LogP contribution in [0, 0.1) is 34.3 Å². The molecule has 10 nitrogen and oxygen atoms in total. The van der Waals surface area contributed by atoms with E-state index in [0.717, 1.165) is 12.1 Å². The van der Waals surface area contributed by atoms with Crippen LogP contribution in [0.3, 0.4) is 0 Å². The summed E-state index contributed by atoms with van der Waals surface area (Å²) in [6, 6.07) is 5.04. The number of nitriles is 1. The standard InChI is InChI=1S/C34H31F7N8O2S/c1-14(15-5-4-9-45-29(15)43)46-31-22-25(47-32(48-31)51-13-33(2)12-49(3)10-8-18(33)28(37)38)24(36)21(23(26(22)50)34(39,40)41)16-6-7-19(35)27-20(16)17(11-42)30(44)52-27/h4-7,9,14,18,28,50H,8,10,12-13,44H2,1-3H3,(H2,43,45)(H,46,47,48)/t14-,18-,33+/m1/s1. The van der Waals surface area contributed by atoms with Gasteiger partial charge in [-0.3, -0.25) is 0 Å². The van der Waals surface area contributed by atoms with Crippen molar-refractivity contribution < 1.29 is 40.6 Å². The van der Waals surface area contributed by atoms with Crippen LogP contribution in [0.15, 0.2) is 30.5 Å². The van der Waals surface area contributed by atoms with Crippen molar-refractivity contribution in [3.63, 3.8) is 0 Å². The van der Waals surface area contributed by atoms with Crippen LogP contribution in [-0.2, 0) is 6.18 Å². The van der Waals surface area contributed by atoms with E-state index in [1.165, 1.54) is 6.20 Å². The third kappa shape index (κ3) is 6.32. The molecule has 1 aliphatic rings. The van der Waals surface area contributed by atoms with Crippen LogP contribution < -0.4 is 21.5 Å². The number of ether oxygens (including phenoxy) is 1. The first-order chi connectivity index (χ1) is 24.5. The minimum atomic E-state index is -5.43. The number of nitrogens with zero attached hydrogens (tertiary/aromatic N) is 5. The van der Waals surface area contributed by atoms with E-state index in [-0.39, 0.29) is 35.1 Å². The number of nitrogens with two attached hydrogens (primary N) is 2. The first-order valence-corrected chi connectivity index (χ1v) is 16.6. The second kappa shape index (κ2) is 13.4. The Morgan fingerprint density at radius 1 is 1.19 bits per heavy atom. The molecule has 2 aromatic carbocycles. The fourth-order valence-corrected chi connectivity index (χ4v) is 7.86. The number of likely N-dealkylation sites (tertiary alicyclic amines) is 1. The molecule has 4 heterocycles. The summed E-state index contributed by atoms with van der Waals surface area (Å²) in [5.41, 5.74) is 6.22. The first-order valence-electron chi connectivity index (χ1n) is 15.8. The molecule has 0 aliphatic carbocycles. The molecule has 0 unspecified atom stereocenters. The van der Waals surface area contributed by atoms with Gasteiger partial charge in [0.05, 0.1) is 28.3 Å². The summed E-state index contributed by atoms with van der Waals surface area (Å²) < 4.78 is 111. The lowest BCUT2D eigenvalue weighted by Gasteiger charge is -2.44. The molecule has 52 heavy (non-hydrogen) atoms. The number of hydrogen-bond acceptors (Lipinski definition) is 11. The summed E-state index contributed by atoms with van der Waals surface area (Å²) in [5, 5.41) is 22.7. The lowest BCUT2D eigenvalue weighted by Crippen LogP contribution is -2.51. The van der Waals surface area contributed by atoms with E-state index < -0.39 is 97.7 Å². The highest BCUT2D eigenvalue weighted by Gasteiger charge is 2.45. The van der Waals surface area contributed by atoms with E-state index in [1.54, 1.807) is 39.1 Å².